The van der Waals surface area contributed by atoms with Crippen molar-refractivity contribution in [2.45, 2.75) is 45.1 Å². The molecular formula is C15H19N3O4S. The minimum atomic E-state index is -0.876. The van der Waals surface area contributed by atoms with Crippen molar-refractivity contribution in [3.05, 3.63) is 22.7 Å². The molecule has 0 unspecified atom stereocenters. The second kappa shape index (κ2) is 7.36. The first-order chi connectivity index (χ1) is 10.9. The molecular weight excluding hydrogens is 318 g/mol. The lowest BCUT2D eigenvalue weighted by atomic mass is 9.98. The van der Waals surface area contributed by atoms with E-state index in [1.165, 1.54) is 0 Å². The van der Waals surface area contributed by atoms with Crippen molar-refractivity contribution >= 4 is 23.2 Å². The van der Waals surface area contributed by atoms with Crippen LogP contribution in [0.2, 0.25) is 0 Å². The van der Waals surface area contributed by atoms with E-state index in [-0.39, 0.29) is 18.7 Å². The summed E-state index contributed by atoms with van der Waals surface area (Å²) < 4.78 is 5.13. The lowest BCUT2D eigenvalue weighted by Crippen LogP contribution is -2.43. The van der Waals surface area contributed by atoms with Crippen LogP contribution in [0.25, 0.3) is 11.4 Å². The molecule has 124 valence electrons. The van der Waals surface area contributed by atoms with Crippen molar-refractivity contribution in [1.82, 2.24) is 15.5 Å². The first kappa shape index (κ1) is 17.1. The van der Waals surface area contributed by atoms with Crippen LogP contribution >= 0.6 is 11.3 Å². The highest BCUT2D eigenvalue weighted by atomic mass is 32.1. The zero-order valence-electron chi connectivity index (χ0n) is 13.0. The van der Waals surface area contributed by atoms with E-state index in [2.05, 4.69) is 15.5 Å². The maximum absolute atomic E-state index is 12.0. The molecule has 0 bridgehead atoms. The molecule has 1 amide bonds. The molecule has 2 aromatic heterocycles. The molecule has 0 radical (unpaired) electrons. The van der Waals surface area contributed by atoms with Crippen molar-refractivity contribution in [3.63, 3.8) is 0 Å². The number of aromatic nitrogens is 2. The third kappa shape index (κ3) is 5.48. The van der Waals surface area contributed by atoms with E-state index < -0.39 is 11.5 Å². The van der Waals surface area contributed by atoms with Crippen molar-refractivity contribution in [2.24, 2.45) is 0 Å². The fourth-order valence-corrected chi connectivity index (χ4v) is 2.64. The maximum Gasteiger partial charge on any atom is 0.303 e. The summed E-state index contributed by atoms with van der Waals surface area (Å²) in [6.45, 7) is 3.60. The van der Waals surface area contributed by atoms with Crippen LogP contribution in [0.1, 0.15) is 39.0 Å². The van der Waals surface area contributed by atoms with Crippen molar-refractivity contribution < 1.29 is 19.2 Å². The Morgan fingerprint density at radius 2 is 2.17 bits per heavy atom. The van der Waals surface area contributed by atoms with E-state index >= 15 is 0 Å². The Hall–Kier alpha value is -2.22. The zero-order chi connectivity index (χ0) is 16.9. The van der Waals surface area contributed by atoms with Crippen LogP contribution in [0.15, 0.2) is 21.3 Å². The standard InChI is InChI=1S/C15H19N3O4S/c1-15(2,7-5-13(20)21)17-11(19)3-4-12-16-14(18-22-12)10-6-8-23-9-10/h6,8-9H,3-5,7H2,1-2H3,(H,17,19)(H,20,21). The van der Waals surface area contributed by atoms with Gasteiger partial charge in [0, 0.05) is 35.7 Å². The van der Waals surface area contributed by atoms with Crippen LogP contribution in [0, 0.1) is 0 Å². The molecule has 2 heterocycles. The quantitative estimate of drug-likeness (QED) is 0.766. The Kier molecular flexibility index (Phi) is 5.49. The van der Waals surface area contributed by atoms with Crippen molar-refractivity contribution in [3.8, 4) is 11.4 Å². The summed E-state index contributed by atoms with van der Waals surface area (Å²) in [6, 6.07) is 1.90. The van der Waals surface area contributed by atoms with E-state index in [0.29, 0.717) is 24.6 Å². The number of carbonyl (C=O) groups is 2. The Balaban J connectivity index is 1.81. The van der Waals surface area contributed by atoms with Crippen LogP contribution in [-0.4, -0.2) is 32.7 Å². The number of carboxylic acid groups (broad SMARTS) is 1. The molecule has 0 aliphatic rings. The predicted octanol–water partition coefficient (Wildman–Crippen LogP) is 2.49. The highest BCUT2D eigenvalue weighted by Crippen LogP contribution is 2.19. The Morgan fingerprint density at radius 3 is 2.83 bits per heavy atom. The summed E-state index contributed by atoms with van der Waals surface area (Å²) in [5.41, 5.74) is 0.329. The van der Waals surface area contributed by atoms with E-state index in [1.54, 1.807) is 25.2 Å². The largest absolute Gasteiger partial charge is 0.481 e. The first-order valence-corrected chi connectivity index (χ1v) is 8.18. The van der Waals surface area contributed by atoms with E-state index in [4.69, 9.17) is 9.63 Å². The summed E-state index contributed by atoms with van der Waals surface area (Å²) >= 11 is 1.55. The van der Waals surface area contributed by atoms with Gasteiger partial charge in [0.1, 0.15) is 0 Å². The average molecular weight is 337 g/mol. The fraction of sp³-hybridized carbons (Fsp3) is 0.467. The second-order valence-electron chi connectivity index (χ2n) is 5.85. The van der Waals surface area contributed by atoms with Gasteiger partial charge in [0.05, 0.1) is 0 Å². The monoisotopic (exact) mass is 337 g/mol. The van der Waals surface area contributed by atoms with Gasteiger partial charge in [-0.25, -0.2) is 0 Å². The number of nitrogens with one attached hydrogen (secondary N) is 1. The van der Waals surface area contributed by atoms with Gasteiger partial charge in [-0.3, -0.25) is 9.59 Å². The van der Waals surface area contributed by atoms with Crippen LogP contribution in [0.3, 0.4) is 0 Å². The highest BCUT2D eigenvalue weighted by Gasteiger charge is 2.21. The number of aliphatic carboxylic acids is 1. The van der Waals surface area contributed by atoms with Gasteiger partial charge in [-0.05, 0) is 31.7 Å². The van der Waals surface area contributed by atoms with Gasteiger partial charge >= 0.3 is 5.97 Å². The zero-order valence-corrected chi connectivity index (χ0v) is 13.9. The minimum Gasteiger partial charge on any atom is -0.481 e. The normalized spacial score (nSPS) is 11.4. The molecule has 0 aromatic carbocycles. The molecule has 23 heavy (non-hydrogen) atoms. The lowest BCUT2D eigenvalue weighted by molar-refractivity contribution is -0.137. The molecule has 2 rings (SSSR count). The molecule has 8 heteroatoms. The number of thiophene rings is 1. The molecule has 0 aliphatic carbocycles. The summed E-state index contributed by atoms with van der Waals surface area (Å²) in [6.07, 6.45) is 0.942. The van der Waals surface area contributed by atoms with Gasteiger partial charge in [-0.1, -0.05) is 5.16 Å². The molecule has 0 aliphatic heterocycles. The topological polar surface area (TPSA) is 105 Å². The molecule has 0 spiro atoms. The summed E-state index contributed by atoms with van der Waals surface area (Å²) in [5.74, 6) is -0.122. The average Bonchev–Trinajstić information content (AvgIpc) is 3.13. The molecule has 0 saturated carbocycles. The van der Waals surface area contributed by atoms with Crippen molar-refractivity contribution in [2.75, 3.05) is 0 Å². The number of carbonyl (C=O) groups excluding carboxylic acids is 1. The van der Waals surface area contributed by atoms with Crippen LogP contribution in [0.4, 0.5) is 0 Å². The summed E-state index contributed by atoms with van der Waals surface area (Å²) in [4.78, 5) is 26.8. The van der Waals surface area contributed by atoms with E-state index in [1.807, 2.05) is 16.8 Å². The van der Waals surface area contributed by atoms with Crippen LogP contribution < -0.4 is 5.32 Å². The number of amides is 1. The number of nitrogens with zero attached hydrogens (tertiary/aromatic N) is 2. The minimum absolute atomic E-state index is 0.0148. The SMILES string of the molecule is CC(C)(CCC(=O)O)NC(=O)CCc1nc(-c2ccsc2)no1. The lowest BCUT2D eigenvalue weighted by Gasteiger charge is -2.25. The third-order valence-electron chi connectivity index (χ3n) is 3.26. The number of rotatable bonds is 8. The number of hydrogen-bond donors (Lipinski definition) is 2. The van der Waals surface area contributed by atoms with Gasteiger partial charge in [0.25, 0.3) is 0 Å². The van der Waals surface area contributed by atoms with Gasteiger partial charge in [0.2, 0.25) is 17.6 Å². The molecule has 2 N–H and O–H groups in total. The number of aryl methyl sites for hydroxylation is 1. The first-order valence-electron chi connectivity index (χ1n) is 7.24. The van der Waals surface area contributed by atoms with Crippen LogP contribution in [-0.2, 0) is 16.0 Å². The van der Waals surface area contributed by atoms with Gasteiger partial charge in [0.15, 0.2) is 0 Å². The van der Waals surface area contributed by atoms with Gasteiger partial charge < -0.3 is 14.9 Å². The van der Waals surface area contributed by atoms with Crippen LogP contribution in [0.5, 0.6) is 0 Å². The third-order valence-corrected chi connectivity index (χ3v) is 3.94. The Bertz CT molecular complexity index is 664. The second-order valence-corrected chi connectivity index (χ2v) is 6.63. The van der Waals surface area contributed by atoms with E-state index in [9.17, 15) is 9.59 Å². The molecule has 0 fully saturated rings. The molecule has 2 aromatic rings. The highest BCUT2D eigenvalue weighted by molar-refractivity contribution is 7.08. The molecule has 0 atom stereocenters. The fourth-order valence-electron chi connectivity index (χ4n) is 2.01. The van der Waals surface area contributed by atoms with Gasteiger partial charge in [-0.15, -0.1) is 0 Å². The van der Waals surface area contributed by atoms with E-state index in [0.717, 1.165) is 5.56 Å². The summed E-state index contributed by atoms with van der Waals surface area (Å²) in [5, 5.41) is 19.3. The number of carboxylic acids is 1. The smallest absolute Gasteiger partial charge is 0.303 e. The Morgan fingerprint density at radius 1 is 1.39 bits per heavy atom. The Labute approximate surface area is 137 Å². The molecule has 7 nitrogen and oxygen atoms in total. The van der Waals surface area contributed by atoms with Crippen molar-refractivity contribution in [1.29, 1.82) is 0 Å². The predicted molar refractivity (Wildman–Crippen MR) is 85.0 cm³/mol. The number of hydrogen-bond acceptors (Lipinski definition) is 6. The maximum atomic E-state index is 12.0. The van der Waals surface area contributed by atoms with Gasteiger partial charge in [-0.2, -0.15) is 16.3 Å². The summed E-state index contributed by atoms with van der Waals surface area (Å²) in [7, 11) is 0. The molecule has 0 saturated heterocycles.